The van der Waals surface area contributed by atoms with Crippen LogP contribution in [0.25, 0.3) is 11.3 Å². The lowest BCUT2D eigenvalue weighted by atomic mass is 10.0. The second-order valence-electron chi connectivity index (χ2n) is 7.30. The van der Waals surface area contributed by atoms with Crippen molar-refractivity contribution in [3.63, 3.8) is 0 Å². The van der Waals surface area contributed by atoms with Gasteiger partial charge in [-0.05, 0) is 36.2 Å². The van der Waals surface area contributed by atoms with E-state index in [1.807, 2.05) is 17.0 Å². The summed E-state index contributed by atoms with van der Waals surface area (Å²) in [5.74, 6) is 0.442. The predicted molar refractivity (Wildman–Crippen MR) is 116 cm³/mol. The number of rotatable bonds is 5. The highest BCUT2D eigenvalue weighted by molar-refractivity contribution is 6.30. The van der Waals surface area contributed by atoms with Gasteiger partial charge in [-0.2, -0.15) is 5.10 Å². The molecule has 2 aromatic carbocycles. The Kier molecular flexibility index (Phi) is 6.06. The number of hydrogen-bond acceptors (Lipinski definition) is 4. The van der Waals surface area contributed by atoms with E-state index in [4.69, 9.17) is 21.1 Å². The number of amides is 1. The van der Waals surface area contributed by atoms with Gasteiger partial charge < -0.3 is 14.4 Å². The summed E-state index contributed by atoms with van der Waals surface area (Å²) >= 11 is 6.04. The number of benzene rings is 2. The fraction of sp³-hybridized carbons (Fsp3) is 0.304. The van der Waals surface area contributed by atoms with Crippen molar-refractivity contribution in [3.05, 3.63) is 69.9 Å². The highest BCUT2D eigenvalue weighted by atomic mass is 35.5. The van der Waals surface area contributed by atoms with Crippen LogP contribution in [0.5, 0.6) is 5.75 Å². The van der Waals surface area contributed by atoms with Crippen molar-refractivity contribution in [1.29, 1.82) is 0 Å². The molecule has 1 aliphatic heterocycles. The lowest BCUT2D eigenvalue weighted by Crippen LogP contribution is -2.33. The number of methoxy groups -OCH3 is 2. The Morgan fingerprint density at radius 3 is 2.80 bits per heavy atom. The van der Waals surface area contributed by atoms with Crippen molar-refractivity contribution >= 4 is 17.5 Å². The topological polar surface area (TPSA) is 67.5 Å². The molecule has 6 nitrogen and oxygen atoms in total. The van der Waals surface area contributed by atoms with Crippen LogP contribution in [0.1, 0.15) is 27.2 Å². The summed E-state index contributed by atoms with van der Waals surface area (Å²) < 4.78 is 10.6. The molecule has 0 unspecified atom stereocenters. The summed E-state index contributed by atoms with van der Waals surface area (Å²) in [6.07, 6.45) is 1.46. The number of H-pyrrole nitrogens is 1. The molecule has 3 aromatic rings. The zero-order valence-electron chi connectivity index (χ0n) is 17.1. The number of fused-ring (bicyclic) bond motifs is 1. The van der Waals surface area contributed by atoms with Crippen LogP contribution in [0.2, 0.25) is 5.02 Å². The molecule has 1 N–H and O–H groups in total. The van der Waals surface area contributed by atoms with Gasteiger partial charge in [0.25, 0.3) is 5.91 Å². The zero-order valence-corrected chi connectivity index (χ0v) is 17.8. The third-order valence-electron chi connectivity index (χ3n) is 5.41. The Morgan fingerprint density at radius 2 is 2.00 bits per heavy atom. The van der Waals surface area contributed by atoms with Crippen LogP contribution in [0.4, 0.5) is 0 Å². The minimum Gasteiger partial charge on any atom is -0.496 e. The first-order valence-electron chi connectivity index (χ1n) is 9.88. The van der Waals surface area contributed by atoms with Crippen LogP contribution in [-0.2, 0) is 24.2 Å². The van der Waals surface area contributed by atoms with Crippen molar-refractivity contribution in [2.24, 2.45) is 0 Å². The van der Waals surface area contributed by atoms with E-state index < -0.39 is 0 Å². The second-order valence-corrected chi connectivity index (χ2v) is 7.74. The fourth-order valence-corrected chi connectivity index (χ4v) is 4.07. The standard InChI is InChI=1S/C23H24ClN3O3/c1-29-14-15-4-3-5-16(12-15)22-18-8-10-27(11-9-20(18)25-26-22)23(28)19-7-6-17(24)13-21(19)30-2/h3-7,12-13H,8-11,14H2,1-2H3,(H,25,26). The molecular weight excluding hydrogens is 402 g/mol. The summed E-state index contributed by atoms with van der Waals surface area (Å²) in [5, 5.41) is 8.30. The molecule has 1 aromatic heterocycles. The SMILES string of the molecule is COCc1cccc(-c2n[nH]c3c2CCN(C(=O)c2ccc(Cl)cc2OC)CC3)c1. The maximum Gasteiger partial charge on any atom is 0.257 e. The molecule has 156 valence electrons. The molecule has 30 heavy (non-hydrogen) atoms. The van der Waals surface area contributed by atoms with Gasteiger partial charge in [-0.25, -0.2) is 0 Å². The largest absolute Gasteiger partial charge is 0.496 e. The number of nitrogens with one attached hydrogen (secondary N) is 1. The number of ether oxygens (including phenoxy) is 2. The van der Waals surface area contributed by atoms with Crippen LogP contribution in [0, 0.1) is 0 Å². The summed E-state index contributed by atoms with van der Waals surface area (Å²) in [6, 6.07) is 13.3. The Labute approximate surface area is 180 Å². The average molecular weight is 426 g/mol. The smallest absolute Gasteiger partial charge is 0.257 e. The first kappa shape index (κ1) is 20.4. The maximum atomic E-state index is 13.2. The number of carbonyl (C=O) groups is 1. The third kappa shape index (κ3) is 4.06. The molecule has 1 aliphatic rings. The molecule has 0 radical (unpaired) electrons. The van der Waals surface area contributed by atoms with E-state index in [-0.39, 0.29) is 5.91 Å². The van der Waals surface area contributed by atoms with Crippen molar-refractivity contribution < 1.29 is 14.3 Å². The molecule has 0 atom stereocenters. The Bertz CT molecular complexity index is 1060. The first-order valence-corrected chi connectivity index (χ1v) is 10.3. The van der Waals surface area contributed by atoms with E-state index in [9.17, 15) is 4.79 Å². The van der Waals surface area contributed by atoms with Gasteiger partial charge in [0.15, 0.2) is 0 Å². The van der Waals surface area contributed by atoms with E-state index in [0.29, 0.717) is 36.0 Å². The molecule has 7 heteroatoms. The molecule has 1 amide bonds. The van der Waals surface area contributed by atoms with Crippen LogP contribution >= 0.6 is 11.6 Å². The molecule has 0 saturated heterocycles. The van der Waals surface area contributed by atoms with Gasteiger partial charge in [-0.3, -0.25) is 9.89 Å². The Balaban J connectivity index is 1.56. The van der Waals surface area contributed by atoms with E-state index in [2.05, 4.69) is 22.3 Å². The monoisotopic (exact) mass is 425 g/mol. The van der Waals surface area contributed by atoms with Gasteiger partial charge in [0.2, 0.25) is 0 Å². The van der Waals surface area contributed by atoms with E-state index in [1.54, 1.807) is 32.4 Å². The van der Waals surface area contributed by atoms with Gasteiger partial charge in [0.05, 0.1) is 25.0 Å². The second kappa shape index (κ2) is 8.90. The lowest BCUT2D eigenvalue weighted by molar-refractivity contribution is 0.0759. The molecule has 0 aliphatic carbocycles. The van der Waals surface area contributed by atoms with E-state index in [0.717, 1.165) is 35.4 Å². The van der Waals surface area contributed by atoms with Gasteiger partial charge >= 0.3 is 0 Å². The number of halogens is 1. The molecule has 2 heterocycles. The van der Waals surface area contributed by atoms with Crippen molar-refractivity contribution in [2.45, 2.75) is 19.4 Å². The maximum absolute atomic E-state index is 13.2. The van der Waals surface area contributed by atoms with Crippen molar-refractivity contribution in [3.8, 4) is 17.0 Å². The molecule has 0 spiro atoms. The Hall–Kier alpha value is -2.83. The number of hydrogen-bond donors (Lipinski definition) is 1. The van der Waals surface area contributed by atoms with E-state index in [1.165, 1.54) is 5.56 Å². The first-order chi connectivity index (χ1) is 14.6. The normalized spacial score (nSPS) is 13.6. The lowest BCUT2D eigenvalue weighted by Gasteiger charge is -2.21. The minimum atomic E-state index is -0.0507. The van der Waals surface area contributed by atoms with Crippen molar-refractivity contribution in [1.82, 2.24) is 15.1 Å². The molecule has 4 rings (SSSR count). The fourth-order valence-electron chi connectivity index (χ4n) is 3.91. The number of aromatic amines is 1. The van der Waals surface area contributed by atoms with Crippen LogP contribution in [0.3, 0.4) is 0 Å². The number of aromatic nitrogens is 2. The molecule has 0 fully saturated rings. The number of carbonyl (C=O) groups excluding carboxylic acids is 1. The molecule has 0 bridgehead atoms. The van der Waals surface area contributed by atoms with Crippen LogP contribution in [0.15, 0.2) is 42.5 Å². The van der Waals surface area contributed by atoms with Gasteiger partial charge in [0, 0.05) is 48.5 Å². The Morgan fingerprint density at radius 1 is 1.17 bits per heavy atom. The minimum absolute atomic E-state index is 0.0507. The van der Waals surface area contributed by atoms with E-state index >= 15 is 0 Å². The molecular formula is C23H24ClN3O3. The van der Waals surface area contributed by atoms with Crippen LogP contribution in [-0.4, -0.2) is 48.3 Å². The van der Waals surface area contributed by atoms with Crippen LogP contribution < -0.4 is 4.74 Å². The summed E-state index contributed by atoms with van der Waals surface area (Å²) in [4.78, 5) is 15.0. The van der Waals surface area contributed by atoms with Gasteiger partial charge in [0.1, 0.15) is 5.75 Å². The zero-order chi connectivity index (χ0) is 21.1. The predicted octanol–water partition coefficient (Wildman–Crippen LogP) is 4.13. The quantitative estimate of drug-likeness (QED) is 0.667. The van der Waals surface area contributed by atoms with Gasteiger partial charge in [-0.1, -0.05) is 29.8 Å². The van der Waals surface area contributed by atoms with Gasteiger partial charge in [-0.15, -0.1) is 0 Å². The van der Waals surface area contributed by atoms with Crippen molar-refractivity contribution in [2.75, 3.05) is 27.3 Å². The summed E-state index contributed by atoms with van der Waals surface area (Å²) in [7, 11) is 3.24. The highest BCUT2D eigenvalue weighted by Gasteiger charge is 2.25. The highest BCUT2D eigenvalue weighted by Crippen LogP contribution is 2.29. The third-order valence-corrected chi connectivity index (χ3v) is 5.64. The molecule has 0 saturated carbocycles. The summed E-state index contributed by atoms with van der Waals surface area (Å²) in [5.41, 5.74) is 5.89. The summed E-state index contributed by atoms with van der Waals surface area (Å²) in [6.45, 7) is 1.79. The number of nitrogens with zero attached hydrogens (tertiary/aromatic N) is 2. The average Bonchev–Trinajstić information content (AvgIpc) is 3.05.